The van der Waals surface area contributed by atoms with Crippen molar-refractivity contribution in [3.05, 3.63) is 42.1 Å². The van der Waals surface area contributed by atoms with Crippen LogP contribution in [0.3, 0.4) is 0 Å². The van der Waals surface area contributed by atoms with Gasteiger partial charge in [-0.1, -0.05) is 18.2 Å². The third-order valence-corrected chi connectivity index (χ3v) is 1.39. The van der Waals surface area contributed by atoms with Gasteiger partial charge in [-0.25, -0.2) is 4.99 Å². The second kappa shape index (κ2) is 4.30. The Morgan fingerprint density at radius 1 is 1.23 bits per heavy atom. The van der Waals surface area contributed by atoms with E-state index in [4.69, 9.17) is 11.5 Å². The quantitative estimate of drug-likeness (QED) is 0.529. The molecule has 0 aromatic heterocycles. The van der Waals surface area contributed by atoms with Crippen LogP contribution in [0, 0.1) is 0 Å². The zero-order valence-electron chi connectivity index (χ0n) is 7.57. The topological polar surface area (TPSA) is 64.4 Å². The minimum absolute atomic E-state index is 0.422. The van der Waals surface area contributed by atoms with Crippen LogP contribution < -0.4 is 11.5 Å². The summed E-state index contributed by atoms with van der Waals surface area (Å²) in [6.07, 6.45) is 1.63. The lowest BCUT2D eigenvalue weighted by atomic mass is 10.3. The number of rotatable bonds is 2. The van der Waals surface area contributed by atoms with Crippen LogP contribution in [-0.4, -0.2) is 5.84 Å². The zero-order valence-corrected chi connectivity index (χ0v) is 7.57. The number of amidine groups is 1. The minimum Gasteiger partial charge on any atom is -0.402 e. The summed E-state index contributed by atoms with van der Waals surface area (Å²) in [7, 11) is 0. The fourth-order valence-corrected chi connectivity index (χ4v) is 0.917. The summed E-state index contributed by atoms with van der Waals surface area (Å²) < 4.78 is 0. The molecular formula is C10H13N3. The van der Waals surface area contributed by atoms with Gasteiger partial charge in [-0.3, -0.25) is 0 Å². The maximum Gasteiger partial charge on any atom is 0.125 e. The van der Waals surface area contributed by atoms with E-state index in [-0.39, 0.29) is 0 Å². The molecule has 4 N–H and O–H groups in total. The van der Waals surface area contributed by atoms with Crippen molar-refractivity contribution in [3.63, 3.8) is 0 Å². The van der Waals surface area contributed by atoms with Crippen LogP contribution in [0.1, 0.15) is 6.92 Å². The first-order valence-corrected chi connectivity index (χ1v) is 4.01. The number of nitrogens with zero attached hydrogens (tertiary/aromatic N) is 1. The largest absolute Gasteiger partial charge is 0.402 e. The lowest BCUT2D eigenvalue weighted by Crippen LogP contribution is -2.09. The molecule has 0 bridgehead atoms. The van der Waals surface area contributed by atoms with Gasteiger partial charge in [-0.05, 0) is 25.1 Å². The molecule has 0 unspecified atom stereocenters. The van der Waals surface area contributed by atoms with Crippen LogP contribution in [-0.2, 0) is 0 Å². The molecule has 0 aliphatic carbocycles. The first kappa shape index (κ1) is 9.32. The molecule has 0 saturated carbocycles. The van der Waals surface area contributed by atoms with E-state index >= 15 is 0 Å². The van der Waals surface area contributed by atoms with Gasteiger partial charge in [0.25, 0.3) is 0 Å². The Balaban J connectivity index is 2.83. The van der Waals surface area contributed by atoms with Crippen molar-refractivity contribution in [1.82, 2.24) is 0 Å². The van der Waals surface area contributed by atoms with Gasteiger partial charge in [-0.15, -0.1) is 0 Å². The molecule has 68 valence electrons. The summed E-state index contributed by atoms with van der Waals surface area (Å²) in [5, 5.41) is 0. The van der Waals surface area contributed by atoms with Gasteiger partial charge in [0.1, 0.15) is 5.84 Å². The molecule has 0 aliphatic rings. The summed E-state index contributed by atoms with van der Waals surface area (Å²) in [4.78, 5) is 4.14. The Labute approximate surface area is 77.8 Å². The number of aliphatic imine (C=N–C) groups is 1. The monoisotopic (exact) mass is 175 g/mol. The number of allylic oxidation sites excluding steroid dienone is 1. The van der Waals surface area contributed by atoms with Gasteiger partial charge in [0, 0.05) is 5.70 Å². The van der Waals surface area contributed by atoms with E-state index < -0.39 is 0 Å². The summed E-state index contributed by atoms with van der Waals surface area (Å²) in [6, 6.07) is 9.51. The van der Waals surface area contributed by atoms with Crippen molar-refractivity contribution in [2.75, 3.05) is 0 Å². The highest BCUT2D eigenvalue weighted by Gasteiger charge is 1.88. The standard InChI is InChI=1S/C10H13N3/c1-8(11)7-10(12)13-9-5-3-2-4-6-9/h2-7H,11H2,1H3,(H2,12,13)/b8-7-. The molecule has 0 heterocycles. The van der Waals surface area contributed by atoms with Gasteiger partial charge in [-0.2, -0.15) is 0 Å². The van der Waals surface area contributed by atoms with E-state index in [1.54, 1.807) is 13.0 Å². The Morgan fingerprint density at radius 2 is 1.85 bits per heavy atom. The van der Waals surface area contributed by atoms with E-state index in [1.807, 2.05) is 30.3 Å². The first-order valence-electron chi connectivity index (χ1n) is 4.01. The van der Waals surface area contributed by atoms with E-state index in [0.717, 1.165) is 5.69 Å². The summed E-state index contributed by atoms with van der Waals surface area (Å²) >= 11 is 0. The highest BCUT2D eigenvalue weighted by molar-refractivity contribution is 5.93. The van der Waals surface area contributed by atoms with Crippen molar-refractivity contribution in [1.29, 1.82) is 0 Å². The van der Waals surface area contributed by atoms with Crippen molar-refractivity contribution < 1.29 is 0 Å². The second-order valence-corrected chi connectivity index (χ2v) is 2.76. The van der Waals surface area contributed by atoms with Gasteiger partial charge in [0.2, 0.25) is 0 Å². The van der Waals surface area contributed by atoms with Crippen molar-refractivity contribution in [2.45, 2.75) is 6.92 Å². The van der Waals surface area contributed by atoms with E-state index in [9.17, 15) is 0 Å². The molecule has 0 amide bonds. The molecule has 0 atom stereocenters. The lowest BCUT2D eigenvalue weighted by Gasteiger charge is -1.95. The molecule has 3 nitrogen and oxygen atoms in total. The third-order valence-electron chi connectivity index (χ3n) is 1.39. The van der Waals surface area contributed by atoms with Gasteiger partial charge >= 0.3 is 0 Å². The SMILES string of the molecule is C/C(N)=C/C(N)=Nc1ccccc1. The van der Waals surface area contributed by atoms with Crippen LogP contribution >= 0.6 is 0 Å². The molecule has 1 rings (SSSR count). The first-order chi connectivity index (χ1) is 6.18. The Morgan fingerprint density at radius 3 is 2.38 bits per heavy atom. The molecule has 1 aromatic rings. The van der Waals surface area contributed by atoms with Gasteiger partial charge in [0.15, 0.2) is 0 Å². The van der Waals surface area contributed by atoms with Crippen molar-refractivity contribution in [2.24, 2.45) is 16.5 Å². The van der Waals surface area contributed by atoms with Crippen molar-refractivity contribution >= 4 is 11.5 Å². The molecule has 0 radical (unpaired) electrons. The normalized spacial score (nSPS) is 13.0. The fraction of sp³-hybridized carbons (Fsp3) is 0.100. The zero-order chi connectivity index (χ0) is 9.68. The van der Waals surface area contributed by atoms with E-state index in [1.165, 1.54) is 0 Å². The Hall–Kier alpha value is -1.77. The van der Waals surface area contributed by atoms with Crippen LogP contribution in [0.2, 0.25) is 0 Å². The molecule has 0 saturated heterocycles. The van der Waals surface area contributed by atoms with Gasteiger partial charge in [0.05, 0.1) is 5.69 Å². The van der Waals surface area contributed by atoms with Crippen LogP contribution in [0.5, 0.6) is 0 Å². The van der Waals surface area contributed by atoms with E-state index in [0.29, 0.717) is 11.5 Å². The minimum atomic E-state index is 0.422. The molecule has 0 fully saturated rings. The third kappa shape index (κ3) is 3.42. The highest BCUT2D eigenvalue weighted by atomic mass is 14.8. The van der Waals surface area contributed by atoms with Crippen LogP contribution in [0.4, 0.5) is 5.69 Å². The van der Waals surface area contributed by atoms with Crippen LogP contribution in [0.15, 0.2) is 47.1 Å². The predicted molar refractivity (Wildman–Crippen MR) is 55.7 cm³/mol. The maximum absolute atomic E-state index is 5.60. The maximum atomic E-state index is 5.60. The predicted octanol–water partition coefficient (Wildman–Crippen LogP) is 1.54. The molecule has 0 spiro atoms. The molecule has 3 heteroatoms. The average Bonchev–Trinajstić information content (AvgIpc) is 2.04. The average molecular weight is 175 g/mol. The number of nitrogens with two attached hydrogens (primary N) is 2. The molecule has 0 aliphatic heterocycles. The lowest BCUT2D eigenvalue weighted by molar-refractivity contribution is 1.31. The van der Waals surface area contributed by atoms with E-state index in [2.05, 4.69) is 4.99 Å². The smallest absolute Gasteiger partial charge is 0.125 e. The Kier molecular flexibility index (Phi) is 3.09. The fourth-order valence-electron chi connectivity index (χ4n) is 0.917. The highest BCUT2D eigenvalue weighted by Crippen LogP contribution is 2.09. The number of hydrogen-bond donors (Lipinski definition) is 2. The summed E-state index contributed by atoms with van der Waals surface area (Å²) in [5.41, 5.74) is 12.5. The molecular weight excluding hydrogens is 162 g/mol. The van der Waals surface area contributed by atoms with Crippen LogP contribution in [0.25, 0.3) is 0 Å². The van der Waals surface area contributed by atoms with Crippen molar-refractivity contribution in [3.8, 4) is 0 Å². The van der Waals surface area contributed by atoms with Gasteiger partial charge < -0.3 is 11.5 Å². The summed E-state index contributed by atoms with van der Waals surface area (Å²) in [5.74, 6) is 0.422. The Bertz CT molecular complexity index is 321. The number of hydrogen-bond acceptors (Lipinski definition) is 2. The molecule has 1 aromatic carbocycles. The summed E-state index contributed by atoms with van der Waals surface area (Å²) in [6.45, 7) is 1.77. The number of benzene rings is 1. The number of para-hydroxylation sites is 1. The second-order valence-electron chi connectivity index (χ2n) is 2.76. The molecule has 13 heavy (non-hydrogen) atoms.